The minimum atomic E-state index is -0.306. The zero-order valence-corrected chi connectivity index (χ0v) is 33.7. The summed E-state index contributed by atoms with van der Waals surface area (Å²) in [6.07, 6.45) is 14.0. The third-order valence-electron chi connectivity index (χ3n) is 21.7. The summed E-state index contributed by atoms with van der Waals surface area (Å²) in [7, 11) is 1.82. The normalized spacial score (nSPS) is 41.9. The highest BCUT2D eigenvalue weighted by Gasteiger charge is 2.98. The molecule has 5 aromatic carbocycles. The first-order valence-corrected chi connectivity index (χ1v) is 23.8. The Morgan fingerprint density at radius 1 is 0.458 bits per heavy atom. The van der Waals surface area contributed by atoms with E-state index in [9.17, 15) is 4.79 Å². The fraction of sp³-hybridized carbons (Fsp3) is 0.446. The van der Waals surface area contributed by atoms with Crippen molar-refractivity contribution in [1.82, 2.24) is 0 Å². The largest absolute Gasteiger partial charge is 0.497 e. The van der Waals surface area contributed by atoms with Crippen LogP contribution in [0.15, 0.2) is 59.7 Å². The zero-order valence-electron chi connectivity index (χ0n) is 33.7. The Bertz CT molecular complexity index is 3080. The summed E-state index contributed by atoms with van der Waals surface area (Å²) in [4.78, 5) is 12.4. The molecule has 0 N–H and O–H groups in total. The van der Waals surface area contributed by atoms with E-state index in [0.29, 0.717) is 41.3 Å². The van der Waals surface area contributed by atoms with Crippen LogP contribution in [0.4, 0.5) is 0 Å². The average molecular weight is 765 g/mol. The molecular weight excluding hydrogens is 721 g/mol. The third kappa shape index (κ3) is 2.30. The van der Waals surface area contributed by atoms with Crippen molar-refractivity contribution in [2.45, 2.75) is 117 Å². The molecule has 0 bridgehead atoms. The molecule has 11 unspecified atom stereocenters. The molecule has 0 aliphatic heterocycles. The Morgan fingerprint density at radius 3 is 1.29 bits per heavy atom. The van der Waals surface area contributed by atoms with E-state index >= 15 is 0 Å². The number of carbonyl (C=O) groups excluding carboxylic acids is 1. The molecule has 286 valence electrons. The van der Waals surface area contributed by atoms with Gasteiger partial charge in [0.2, 0.25) is 0 Å². The second-order valence-corrected chi connectivity index (χ2v) is 22.2. The van der Waals surface area contributed by atoms with Crippen LogP contribution in [0.2, 0.25) is 0 Å². The maximum absolute atomic E-state index is 12.4. The van der Waals surface area contributed by atoms with Gasteiger partial charge in [0.05, 0.1) is 12.5 Å². The molecule has 3 heteroatoms. The van der Waals surface area contributed by atoms with Gasteiger partial charge in [0.25, 0.3) is 0 Å². The number of hydrogen-bond donors (Lipinski definition) is 0. The predicted octanol–water partition coefficient (Wildman–Crippen LogP) is 12.1. The van der Waals surface area contributed by atoms with Crippen molar-refractivity contribution in [3.8, 4) is 11.5 Å². The van der Waals surface area contributed by atoms with Crippen molar-refractivity contribution < 1.29 is 14.3 Å². The van der Waals surface area contributed by atoms with Gasteiger partial charge in [-0.25, -0.2) is 0 Å². The SMILES string of the molecule is COc1ccc(C2(c3ccc(OC(C)=O)cc3)C34C5=C6c7c8c9c%10c%11c%12c%13c%14c%15c(c%16c%13c%10c7C%1632)C2=C4C3CCC2C%15CCC%14C%12CCC%11C9CCC8C6CCC53)cc1. The summed E-state index contributed by atoms with van der Waals surface area (Å²) in [6, 6.07) is 18.7. The number of rotatable bonds is 4. The van der Waals surface area contributed by atoms with Crippen molar-refractivity contribution >= 4 is 38.7 Å². The van der Waals surface area contributed by atoms with Crippen LogP contribution in [0.25, 0.3) is 32.7 Å². The van der Waals surface area contributed by atoms with Crippen molar-refractivity contribution in [2.24, 2.45) is 29.1 Å². The standard InChI is InChI=1S/C56H44O3/c1-21(57)59-25-9-5-23(6-10-25)54(22-3-7-24(58-2)8-4-22)55-50-34-19-17-32-30-15-13-28-26-11-12-27-29-14-16-31-33-18-20-35(34)51(55)43(33)47-41(31)39(29)45-37(27)36(26)44-38(28)40(30)46(42(32)50)52-48(44)49(45)53(47)56(52,54)55/h3-10,26-35H,11-20H2,1-2H3. The van der Waals surface area contributed by atoms with Crippen molar-refractivity contribution in [3.63, 3.8) is 0 Å². The molecule has 3 nitrogen and oxygen atoms in total. The number of allylic oxidation sites excluding steroid dienone is 4. The summed E-state index contributed by atoms with van der Waals surface area (Å²) < 4.78 is 11.8. The molecule has 5 aromatic rings. The fourth-order valence-electron chi connectivity index (χ4n) is 21.4. The molecule has 0 radical (unpaired) electrons. The number of fused-ring (bicyclic) bond motifs is 5. The lowest BCUT2D eigenvalue weighted by Gasteiger charge is -2.40. The lowest BCUT2D eigenvalue weighted by Crippen LogP contribution is -2.31. The van der Waals surface area contributed by atoms with Crippen molar-refractivity contribution in [2.75, 3.05) is 7.11 Å². The summed E-state index contributed by atoms with van der Waals surface area (Å²) in [5.74, 6) is 8.31. The lowest BCUT2D eigenvalue weighted by molar-refractivity contribution is -0.131. The quantitative estimate of drug-likeness (QED) is 0.104. The van der Waals surface area contributed by atoms with E-state index in [0.717, 1.165) is 29.4 Å². The fourth-order valence-corrected chi connectivity index (χ4v) is 21.4. The average Bonchev–Trinajstić information content (AvgIpc) is 3.89. The zero-order chi connectivity index (χ0) is 37.7. The van der Waals surface area contributed by atoms with E-state index in [1.54, 1.807) is 10.8 Å². The van der Waals surface area contributed by atoms with Crippen LogP contribution in [-0.4, -0.2) is 13.1 Å². The summed E-state index contributed by atoms with van der Waals surface area (Å²) in [6.45, 7) is 1.53. The smallest absolute Gasteiger partial charge is 0.308 e. The number of hydrogen-bond acceptors (Lipinski definition) is 3. The first-order chi connectivity index (χ1) is 29.1. The maximum atomic E-state index is 12.4. The highest BCUT2D eigenvalue weighted by Crippen LogP contribution is 3.01. The molecule has 0 amide bonds. The Morgan fingerprint density at radius 2 is 0.847 bits per heavy atom. The number of methoxy groups -OCH3 is 1. The molecule has 2 saturated carbocycles. The predicted molar refractivity (Wildman–Crippen MR) is 227 cm³/mol. The van der Waals surface area contributed by atoms with Gasteiger partial charge in [0.1, 0.15) is 11.5 Å². The Hall–Kier alpha value is -4.63. The Labute approximate surface area is 343 Å². The van der Waals surface area contributed by atoms with Gasteiger partial charge in [-0.1, -0.05) is 24.3 Å². The van der Waals surface area contributed by atoms with Crippen LogP contribution in [0, 0.1) is 29.1 Å². The molecule has 14 aliphatic rings. The summed E-state index contributed by atoms with van der Waals surface area (Å²) in [5.41, 5.74) is 28.7. The van der Waals surface area contributed by atoms with E-state index in [4.69, 9.17) is 9.47 Å². The lowest BCUT2D eigenvalue weighted by atomic mass is 9.62. The molecule has 2 spiro atoms. The Balaban J connectivity index is 1.12. The molecular formula is C56H44O3. The van der Waals surface area contributed by atoms with Gasteiger partial charge in [0, 0.05) is 17.8 Å². The van der Waals surface area contributed by atoms with Crippen LogP contribution in [-0.2, 0) is 15.6 Å². The Kier molecular flexibility index (Phi) is 4.19. The van der Waals surface area contributed by atoms with Crippen LogP contribution in [0.1, 0.15) is 173 Å². The number of benzene rings is 5. The third-order valence-corrected chi connectivity index (χ3v) is 21.7. The van der Waals surface area contributed by atoms with E-state index < -0.39 is 0 Å². The van der Waals surface area contributed by atoms with E-state index in [2.05, 4.69) is 48.5 Å². The minimum absolute atomic E-state index is 0.0998. The van der Waals surface area contributed by atoms with Crippen LogP contribution < -0.4 is 9.47 Å². The summed E-state index contributed by atoms with van der Waals surface area (Å²) in [5, 5.41) is 7.21. The minimum Gasteiger partial charge on any atom is -0.497 e. The van der Waals surface area contributed by atoms with Gasteiger partial charge in [0.15, 0.2) is 0 Å². The molecule has 59 heavy (non-hydrogen) atoms. The molecule has 14 aliphatic carbocycles. The van der Waals surface area contributed by atoms with Gasteiger partial charge in [-0.3, -0.25) is 4.79 Å². The highest BCUT2D eigenvalue weighted by atomic mass is 16.5. The first kappa shape index (κ1) is 29.6. The maximum Gasteiger partial charge on any atom is 0.308 e. The summed E-state index contributed by atoms with van der Waals surface area (Å²) >= 11 is 0. The van der Waals surface area contributed by atoms with Crippen molar-refractivity contribution in [1.29, 1.82) is 0 Å². The van der Waals surface area contributed by atoms with E-state index in [-0.39, 0.29) is 22.2 Å². The van der Waals surface area contributed by atoms with Crippen molar-refractivity contribution in [3.05, 3.63) is 126 Å². The van der Waals surface area contributed by atoms with E-state index in [1.807, 2.05) is 95.8 Å². The monoisotopic (exact) mass is 764 g/mol. The van der Waals surface area contributed by atoms with Crippen LogP contribution >= 0.6 is 0 Å². The van der Waals surface area contributed by atoms with Gasteiger partial charge < -0.3 is 9.47 Å². The number of ether oxygens (including phenoxy) is 2. The van der Waals surface area contributed by atoms with E-state index in [1.165, 1.54) is 82.3 Å². The number of esters is 1. The molecule has 2 fully saturated rings. The second kappa shape index (κ2) is 8.35. The van der Waals surface area contributed by atoms with Gasteiger partial charge in [-0.15, -0.1) is 0 Å². The molecule has 11 atom stereocenters. The second-order valence-electron chi connectivity index (χ2n) is 22.2. The molecule has 0 aromatic heterocycles. The first-order valence-electron chi connectivity index (χ1n) is 23.8. The number of carbonyl (C=O) groups is 1. The van der Waals surface area contributed by atoms with Gasteiger partial charge in [-0.2, -0.15) is 0 Å². The molecule has 0 heterocycles. The highest BCUT2D eigenvalue weighted by molar-refractivity contribution is 6.28. The molecule has 19 rings (SSSR count). The topological polar surface area (TPSA) is 35.5 Å². The van der Waals surface area contributed by atoms with Crippen LogP contribution in [0.3, 0.4) is 0 Å². The van der Waals surface area contributed by atoms with Crippen LogP contribution in [0.5, 0.6) is 11.5 Å². The van der Waals surface area contributed by atoms with Gasteiger partial charge >= 0.3 is 5.97 Å². The molecule has 0 saturated heterocycles. The van der Waals surface area contributed by atoms with Gasteiger partial charge in [-0.05, 0) is 258 Å².